The van der Waals surface area contributed by atoms with Crippen LogP contribution in [-0.2, 0) is 6.54 Å². The number of rotatable bonds is 5. The summed E-state index contributed by atoms with van der Waals surface area (Å²) in [6, 6.07) is 3.91. The largest absolute Gasteiger partial charge is 0.487 e. The number of aryl methyl sites for hydroxylation is 1. The van der Waals surface area contributed by atoms with Crippen molar-refractivity contribution in [3.05, 3.63) is 35.7 Å². The van der Waals surface area contributed by atoms with Crippen molar-refractivity contribution in [3.8, 4) is 5.75 Å². The number of nitrogens with one attached hydrogen (secondary N) is 1. The highest BCUT2D eigenvalue weighted by Crippen LogP contribution is 2.17. The maximum atomic E-state index is 5.60. The molecule has 0 aromatic carbocycles. The minimum absolute atomic E-state index is 0.543. The van der Waals surface area contributed by atoms with Crippen molar-refractivity contribution in [2.75, 3.05) is 13.7 Å². The Balaban J connectivity index is 2.80. The van der Waals surface area contributed by atoms with Crippen molar-refractivity contribution in [1.29, 1.82) is 0 Å². The van der Waals surface area contributed by atoms with Crippen molar-refractivity contribution in [3.63, 3.8) is 0 Å². The van der Waals surface area contributed by atoms with E-state index in [9.17, 15) is 0 Å². The second kappa shape index (κ2) is 5.51. The molecule has 0 saturated carbocycles. The Bertz CT molecular complexity index is 347. The maximum Gasteiger partial charge on any atom is 0.142 e. The standard InChI is InChI=1S/C12H18N2O/c1-9(2)8-15-12-6-5-10(3)14-11(12)7-13-4/h5-6,13H,1,7-8H2,2-4H3. The summed E-state index contributed by atoms with van der Waals surface area (Å²) >= 11 is 0. The lowest BCUT2D eigenvalue weighted by Crippen LogP contribution is -2.10. The van der Waals surface area contributed by atoms with Crippen LogP contribution in [0.4, 0.5) is 0 Å². The number of pyridine rings is 1. The maximum absolute atomic E-state index is 5.60. The molecule has 0 aliphatic heterocycles. The Morgan fingerprint density at radius 3 is 2.87 bits per heavy atom. The van der Waals surface area contributed by atoms with Gasteiger partial charge in [-0.25, -0.2) is 0 Å². The third-order valence-electron chi connectivity index (χ3n) is 1.89. The molecule has 0 aliphatic carbocycles. The Labute approximate surface area is 91.2 Å². The molecule has 82 valence electrons. The molecule has 1 aromatic heterocycles. The minimum Gasteiger partial charge on any atom is -0.487 e. The number of hydrogen-bond acceptors (Lipinski definition) is 3. The zero-order valence-corrected chi connectivity index (χ0v) is 9.63. The van der Waals surface area contributed by atoms with Crippen molar-refractivity contribution < 1.29 is 4.74 Å². The lowest BCUT2D eigenvalue weighted by atomic mass is 10.3. The summed E-state index contributed by atoms with van der Waals surface area (Å²) in [5.74, 6) is 0.831. The number of aromatic nitrogens is 1. The predicted octanol–water partition coefficient (Wildman–Crippen LogP) is 2.06. The van der Waals surface area contributed by atoms with Gasteiger partial charge in [0.2, 0.25) is 0 Å². The van der Waals surface area contributed by atoms with Crippen LogP contribution in [0.25, 0.3) is 0 Å². The SMILES string of the molecule is C=C(C)COc1ccc(C)nc1CNC. The van der Waals surface area contributed by atoms with Crippen LogP contribution in [0.1, 0.15) is 18.3 Å². The third kappa shape index (κ3) is 3.72. The molecule has 1 heterocycles. The van der Waals surface area contributed by atoms with Crippen LogP contribution >= 0.6 is 0 Å². The van der Waals surface area contributed by atoms with Crippen LogP contribution in [0.15, 0.2) is 24.3 Å². The first-order valence-corrected chi connectivity index (χ1v) is 5.01. The normalized spacial score (nSPS) is 10.1. The highest BCUT2D eigenvalue weighted by Gasteiger charge is 2.04. The molecule has 0 bridgehead atoms. The van der Waals surface area contributed by atoms with Gasteiger partial charge in [-0.1, -0.05) is 6.58 Å². The van der Waals surface area contributed by atoms with E-state index in [0.29, 0.717) is 13.2 Å². The summed E-state index contributed by atoms with van der Waals surface area (Å²) in [4.78, 5) is 4.42. The van der Waals surface area contributed by atoms with Gasteiger partial charge in [0.25, 0.3) is 0 Å². The highest BCUT2D eigenvalue weighted by molar-refractivity contribution is 5.29. The molecule has 0 fully saturated rings. The molecule has 1 rings (SSSR count). The lowest BCUT2D eigenvalue weighted by Gasteiger charge is -2.11. The van der Waals surface area contributed by atoms with E-state index < -0.39 is 0 Å². The van der Waals surface area contributed by atoms with Gasteiger partial charge in [0.05, 0.1) is 5.69 Å². The molecule has 1 aromatic rings. The zero-order valence-electron chi connectivity index (χ0n) is 9.63. The quantitative estimate of drug-likeness (QED) is 0.749. The fourth-order valence-electron chi connectivity index (χ4n) is 1.22. The van der Waals surface area contributed by atoms with Gasteiger partial charge >= 0.3 is 0 Å². The summed E-state index contributed by atoms with van der Waals surface area (Å²) < 4.78 is 5.60. The summed E-state index contributed by atoms with van der Waals surface area (Å²) in [6.07, 6.45) is 0. The van der Waals surface area contributed by atoms with Crippen LogP contribution in [0, 0.1) is 6.92 Å². The van der Waals surface area contributed by atoms with Crippen LogP contribution in [-0.4, -0.2) is 18.6 Å². The molecule has 3 nitrogen and oxygen atoms in total. The molecule has 3 heteroatoms. The number of hydrogen-bond donors (Lipinski definition) is 1. The molecule has 0 atom stereocenters. The van der Waals surface area contributed by atoms with Gasteiger partial charge in [0, 0.05) is 12.2 Å². The summed E-state index contributed by atoms with van der Waals surface area (Å²) in [5, 5.41) is 3.07. The average molecular weight is 206 g/mol. The first-order chi connectivity index (χ1) is 7.13. The van der Waals surface area contributed by atoms with Gasteiger partial charge in [-0.3, -0.25) is 4.98 Å². The fraction of sp³-hybridized carbons (Fsp3) is 0.417. The first-order valence-electron chi connectivity index (χ1n) is 5.01. The molecule has 0 aliphatic rings. The van der Waals surface area contributed by atoms with Crippen molar-refractivity contribution in [2.45, 2.75) is 20.4 Å². The smallest absolute Gasteiger partial charge is 0.142 e. The first kappa shape index (κ1) is 11.7. The Hall–Kier alpha value is -1.35. The second-order valence-corrected chi connectivity index (χ2v) is 3.67. The van der Waals surface area contributed by atoms with Gasteiger partial charge < -0.3 is 10.1 Å². The monoisotopic (exact) mass is 206 g/mol. The molecular weight excluding hydrogens is 188 g/mol. The number of nitrogens with zero attached hydrogens (tertiary/aromatic N) is 1. The Kier molecular flexibility index (Phi) is 4.31. The van der Waals surface area contributed by atoms with Gasteiger partial charge in [-0.2, -0.15) is 0 Å². The van der Waals surface area contributed by atoms with E-state index in [1.54, 1.807) is 0 Å². The van der Waals surface area contributed by atoms with Gasteiger partial charge in [-0.15, -0.1) is 0 Å². The van der Waals surface area contributed by atoms with Gasteiger partial charge in [0.15, 0.2) is 0 Å². The average Bonchev–Trinajstić information content (AvgIpc) is 2.17. The van der Waals surface area contributed by atoms with E-state index in [-0.39, 0.29) is 0 Å². The van der Waals surface area contributed by atoms with Crippen molar-refractivity contribution in [1.82, 2.24) is 10.3 Å². The molecule has 15 heavy (non-hydrogen) atoms. The van der Waals surface area contributed by atoms with Gasteiger partial charge in [-0.05, 0) is 38.6 Å². The molecule has 0 radical (unpaired) electrons. The van der Waals surface area contributed by atoms with Crippen LogP contribution in [0.5, 0.6) is 5.75 Å². The zero-order chi connectivity index (χ0) is 11.3. The highest BCUT2D eigenvalue weighted by atomic mass is 16.5. The van der Waals surface area contributed by atoms with Gasteiger partial charge in [0.1, 0.15) is 12.4 Å². The second-order valence-electron chi connectivity index (χ2n) is 3.67. The van der Waals surface area contributed by atoms with E-state index in [2.05, 4.69) is 16.9 Å². The Morgan fingerprint density at radius 1 is 1.53 bits per heavy atom. The van der Waals surface area contributed by atoms with Crippen LogP contribution < -0.4 is 10.1 Å². The lowest BCUT2D eigenvalue weighted by molar-refractivity contribution is 0.345. The predicted molar refractivity (Wildman–Crippen MR) is 62.0 cm³/mol. The van der Waals surface area contributed by atoms with E-state index in [0.717, 1.165) is 22.7 Å². The molecule has 0 amide bonds. The van der Waals surface area contributed by atoms with E-state index in [4.69, 9.17) is 4.74 Å². The Morgan fingerprint density at radius 2 is 2.27 bits per heavy atom. The third-order valence-corrected chi connectivity index (χ3v) is 1.89. The summed E-state index contributed by atoms with van der Waals surface area (Å²) in [6.45, 7) is 8.98. The van der Waals surface area contributed by atoms with E-state index in [1.807, 2.05) is 33.0 Å². The summed E-state index contributed by atoms with van der Waals surface area (Å²) in [7, 11) is 1.90. The van der Waals surface area contributed by atoms with Crippen molar-refractivity contribution >= 4 is 0 Å². The fourth-order valence-corrected chi connectivity index (χ4v) is 1.22. The molecule has 0 unspecified atom stereocenters. The van der Waals surface area contributed by atoms with E-state index >= 15 is 0 Å². The topological polar surface area (TPSA) is 34.1 Å². The van der Waals surface area contributed by atoms with Crippen molar-refractivity contribution in [2.24, 2.45) is 0 Å². The van der Waals surface area contributed by atoms with E-state index in [1.165, 1.54) is 0 Å². The number of ether oxygens (including phenoxy) is 1. The molecular formula is C12H18N2O. The summed E-state index contributed by atoms with van der Waals surface area (Å²) in [5.41, 5.74) is 2.95. The molecule has 0 spiro atoms. The van der Waals surface area contributed by atoms with Crippen LogP contribution in [0.3, 0.4) is 0 Å². The molecule has 0 saturated heterocycles. The van der Waals surface area contributed by atoms with Crippen LogP contribution in [0.2, 0.25) is 0 Å². The molecule has 1 N–H and O–H groups in total. The minimum atomic E-state index is 0.543.